The second-order valence-electron chi connectivity index (χ2n) is 5.38. The molecule has 2 rings (SSSR count). The molecule has 0 fully saturated rings. The second kappa shape index (κ2) is 8.20. The van der Waals surface area contributed by atoms with Crippen LogP contribution in [-0.4, -0.2) is 42.0 Å². The quantitative estimate of drug-likeness (QED) is 0.729. The highest BCUT2D eigenvalue weighted by Crippen LogP contribution is 2.23. The molecule has 22 heavy (non-hydrogen) atoms. The molecule has 0 radical (unpaired) electrons. The van der Waals surface area contributed by atoms with E-state index in [4.69, 9.17) is 11.6 Å². The van der Waals surface area contributed by atoms with Crippen LogP contribution in [0.2, 0.25) is 5.02 Å². The third-order valence-corrected chi connectivity index (χ3v) is 4.25. The summed E-state index contributed by atoms with van der Waals surface area (Å²) in [6.07, 6.45) is 2.09. The molecule has 1 aromatic heterocycles. The summed E-state index contributed by atoms with van der Waals surface area (Å²) in [5, 5.41) is 4.55. The van der Waals surface area contributed by atoms with E-state index in [9.17, 15) is 4.79 Å². The van der Waals surface area contributed by atoms with Gasteiger partial charge >= 0.3 is 0 Å². The zero-order valence-electron chi connectivity index (χ0n) is 13.3. The maximum atomic E-state index is 12.1. The lowest BCUT2D eigenvalue weighted by Gasteiger charge is -2.17. The fourth-order valence-corrected chi connectivity index (χ4v) is 2.77. The van der Waals surface area contributed by atoms with Crippen molar-refractivity contribution >= 4 is 28.4 Å². The van der Waals surface area contributed by atoms with Gasteiger partial charge in [0.1, 0.15) is 5.69 Å². The van der Waals surface area contributed by atoms with Gasteiger partial charge in [0.25, 0.3) is 5.91 Å². The number of nitrogens with zero attached hydrogens (tertiary/aromatic N) is 1. The normalized spacial score (nSPS) is 11.3. The first-order valence-corrected chi connectivity index (χ1v) is 8.31. The lowest BCUT2D eigenvalue weighted by Crippen LogP contribution is -2.27. The number of aromatic amines is 1. The fraction of sp³-hybridized carbons (Fsp3) is 0.471. The molecular formula is C17H24ClN3O. The number of halogens is 1. The van der Waals surface area contributed by atoms with Crippen LogP contribution >= 0.6 is 11.6 Å². The summed E-state index contributed by atoms with van der Waals surface area (Å²) in [4.78, 5) is 17.6. The van der Waals surface area contributed by atoms with Gasteiger partial charge in [-0.1, -0.05) is 37.6 Å². The maximum Gasteiger partial charge on any atom is 0.267 e. The lowest BCUT2D eigenvalue weighted by atomic mass is 10.2. The van der Waals surface area contributed by atoms with Gasteiger partial charge < -0.3 is 15.2 Å². The molecule has 1 aromatic carbocycles. The van der Waals surface area contributed by atoms with E-state index in [1.54, 1.807) is 0 Å². The van der Waals surface area contributed by atoms with Crippen molar-refractivity contribution < 1.29 is 4.79 Å². The lowest BCUT2D eigenvalue weighted by molar-refractivity contribution is 0.0948. The van der Waals surface area contributed by atoms with Crippen molar-refractivity contribution in [3.05, 3.63) is 35.0 Å². The predicted octanol–water partition coefficient (Wildman–Crippen LogP) is 3.67. The number of hydrogen-bond donors (Lipinski definition) is 2. The van der Waals surface area contributed by atoms with Crippen LogP contribution in [-0.2, 0) is 0 Å². The Balaban J connectivity index is 1.80. The molecule has 0 saturated carbocycles. The first kappa shape index (κ1) is 16.8. The number of H-pyrrole nitrogens is 1. The van der Waals surface area contributed by atoms with Crippen LogP contribution in [0.4, 0.5) is 0 Å². The number of amides is 1. The highest BCUT2D eigenvalue weighted by atomic mass is 35.5. The van der Waals surface area contributed by atoms with Crippen molar-refractivity contribution in [3.8, 4) is 0 Å². The number of carbonyl (C=O) groups is 1. The van der Waals surface area contributed by atoms with Crippen molar-refractivity contribution in [1.29, 1.82) is 0 Å². The Morgan fingerprint density at radius 1 is 1.27 bits per heavy atom. The number of carbonyl (C=O) groups excluding carboxylic acids is 1. The van der Waals surface area contributed by atoms with Gasteiger partial charge in [-0.05, 0) is 44.6 Å². The molecule has 120 valence electrons. The summed E-state index contributed by atoms with van der Waals surface area (Å²) in [6, 6.07) is 7.48. The van der Waals surface area contributed by atoms with Crippen LogP contribution in [0.1, 0.15) is 37.2 Å². The van der Waals surface area contributed by atoms with Crippen molar-refractivity contribution in [2.24, 2.45) is 0 Å². The summed E-state index contributed by atoms with van der Waals surface area (Å²) < 4.78 is 0. The van der Waals surface area contributed by atoms with E-state index in [1.165, 1.54) is 0 Å². The van der Waals surface area contributed by atoms with Crippen molar-refractivity contribution in [2.45, 2.75) is 26.7 Å². The molecule has 2 N–H and O–H groups in total. The van der Waals surface area contributed by atoms with E-state index in [0.717, 1.165) is 43.4 Å². The summed E-state index contributed by atoms with van der Waals surface area (Å²) in [6.45, 7) is 8.30. The zero-order chi connectivity index (χ0) is 15.9. The Bertz CT molecular complexity index is 619. The molecule has 0 atom stereocenters. The number of nitrogens with one attached hydrogen (secondary N) is 2. The summed E-state index contributed by atoms with van der Waals surface area (Å²) in [5.41, 5.74) is 1.38. The largest absolute Gasteiger partial charge is 0.351 e. The SMILES string of the molecule is CCN(CC)CCCCNC(=O)c1cc2cccc(Cl)c2[nH]1. The van der Waals surface area contributed by atoms with Crippen molar-refractivity contribution in [3.63, 3.8) is 0 Å². The van der Waals surface area contributed by atoms with Gasteiger partial charge in [-0.15, -0.1) is 0 Å². The second-order valence-corrected chi connectivity index (χ2v) is 5.78. The van der Waals surface area contributed by atoms with Gasteiger partial charge in [0, 0.05) is 11.9 Å². The average Bonchev–Trinajstić information content (AvgIpc) is 2.96. The van der Waals surface area contributed by atoms with Crippen LogP contribution in [0.25, 0.3) is 10.9 Å². The molecule has 0 aliphatic heterocycles. The monoisotopic (exact) mass is 321 g/mol. The highest BCUT2D eigenvalue weighted by molar-refractivity contribution is 6.35. The molecule has 0 bridgehead atoms. The van der Waals surface area contributed by atoms with E-state index in [0.29, 0.717) is 17.3 Å². The van der Waals surface area contributed by atoms with E-state index < -0.39 is 0 Å². The zero-order valence-corrected chi connectivity index (χ0v) is 14.0. The topological polar surface area (TPSA) is 48.1 Å². The molecule has 0 aliphatic rings. The van der Waals surface area contributed by atoms with Crippen molar-refractivity contribution in [1.82, 2.24) is 15.2 Å². The molecule has 0 saturated heterocycles. The van der Waals surface area contributed by atoms with Crippen LogP contribution in [0.15, 0.2) is 24.3 Å². The van der Waals surface area contributed by atoms with Gasteiger partial charge in [-0.25, -0.2) is 0 Å². The Kier molecular flexibility index (Phi) is 6.28. The average molecular weight is 322 g/mol. The number of aromatic nitrogens is 1. The Hall–Kier alpha value is -1.52. The third kappa shape index (κ3) is 4.24. The number of para-hydroxylation sites is 1. The number of unbranched alkanes of at least 4 members (excludes halogenated alkanes) is 1. The van der Waals surface area contributed by atoms with E-state index in [-0.39, 0.29) is 5.91 Å². The first-order valence-electron chi connectivity index (χ1n) is 7.93. The van der Waals surface area contributed by atoms with E-state index in [1.807, 2.05) is 24.3 Å². The molecule has 0 spiro atoms. The Morgan fingerprint density at radius 2 is 2.05 bits per heavy atom. The summed E-state index contributed by atoms with van der Waals surface area (Å²) in [7, 11) is 0. The third-order valence-electron chi connectivity index (χ3n) is 3.93. The van der Waals surface area contributed by atoms with Gasteiger partial charge in [0.2, 0.25) is 0 Å². The number of hydrogen-bond acceptors (Lipinski definition) is 2. The van der Waals surface area contributed by atoms with E-state index in [2.05, 4.69) is 29.0 Å². The predicted molar refractivity (Wildman–Crippen MR) is 92.7 cm³/mol. The minimum atomic E-state index is -0.0740. The highest BCUT2D eigenvalue weighted by Gasteiger charge is 2.10. The van der Waals surface area contributed by atoms with Gasteiger partial charge in [0.15, 0.2) is 0 Å². The first-order chi connectivity index (χ1) is 10.7. The van der Waals surface area contributed by atoms with Crippen LogP contribution < -0.4 is 5.32 Å². The fourth-order valence-electron chi connectivity index (χ4n) is 2.54. The Labute approximate surface area is 136 Å². The van der Waals surface area contributed by atoms with Crippen LogP contribution in [0.3, 0.4) is 0 Å². The molecule has 2 aromatic rings. The Morgan fingerprint density at radius 3 is 2.73 bits per heavy atom. The molecule has 4 nitrogen and oxygen atoms in total. The number of fused-ring (bicyclic) bond motifs is 1. The number of benzene rings is 1. The van der Waals surface area contributed by atoms with Crippen LogP contribution in [0, 0.1) is 0 Å². The standard InChI is InChI=1S/C17H24ClN3O/c1-3-21(4-2)11-6-5-10-19-17(22)15-12-13-8-7-9-14(18)16(13)20-15/h7-9,12,20H,3-6,10-11H2,1-2H3,(H,19,22). The minimum Gasteiger partial charge on any atom is -0.351 e. The smallest absolute Gasteiger partial charge is 0.267 e. The van der Waals surface area contributed by atoms with Gasteiger partial charge in [-0.2, -0.15) is 0 Å². The maximum absolute atomic E-state index is 12.1. The van der Waals surface area contributed by atoms with Crippen molar-refractivity contribution in [2.75, 3.05) is 26.2 Å². The minimum absolute atomic E-state index is 0.0740. The molecule has 1 amide bonds. The number of rotatable bonds is 8. The van der Waals surface area contributed by atoms with Crippen LogP contribution in [0.5, 0.6) is 0 Å². The summed E-state index contributed by atoms with van der Waals surface area (Å²) >= 11 is 6.11. The van der Waals surface area contributed by atoms with E-state index >= 15 is 0 Å². The molecule has 5 heteroatoms. The molecule has 0 aliphatic carbocycles. The van der Waals surface area contributed by atoms with Gasteiger partial charge in [0.05, 0.1) is 10.5 Å². The molecule has 0 unspecified atom stereocenters. The summed E-state index contributed by atoms with van der Waals surface area (Å²) in [5.74, 6) is -0.0740. The molecular weight excluding hydrogens is 298 g/mol. The van der Waals surface area contributed by atoms with Gasteiger partial charge in [-0.3, -0.25) is 4.79 Å². The molecule has 1 heterocycles.